The summed E-state index contributed by atoms with van der Waals surface area (Å²) in [7, 11) is 0. The molecule has 0 unspecified atom stereocenters. The Morgan fingerprint density at radius 1 is 0.889 bits per heavy atom. The largest absolute Gasteiger partial charge is 0.490 e. The van der Waals surface area contributed by atoms with E-state index in [1.165, 1.54) is 5.39 Å². The number of nitrogens with zero attached hydrogens (tertiary/aromatic N) is 2. The summed E-state index contributed by atoms with van der Waals surface area (Å²) in [6, 6.07) is 19.9. The minimum absolute atomic E-state index is 0.152. The molecule has 2 fully saturated rings. The summed E-state index contributed by atoms with van der Waals surface area (Å²) in [4.78, 5) is 26.0. The number of ether oxygens (including phenoxy) is 2. The van der Waals surface area contributed by atoms with Crippen LogP contribution >= 0.6 is 0 Å². The fourth-order valence-electron chi connectivity index (χ4n) is 5.86. The normalized spacial score (nSPS) is 24.6. The molecule has 6 nitrogen and oxygen atoms in total. The first-order chi connectivity index (χ1) is 17.6. The van der Waals surface area contributed by atoms with Crippen molar-refractivity contribution in [1.82, 2.24) is 5.01 Å². The predicted octanol–water partition coefficient (Wildman–Crippen LogP) is 5.35. The van der Waals surface area contributed by atoms with Crippen LogP contribution in [0.5, 0.6) is 11.5 Å². The highest BCUT2D eigenvalue weighted by Gasteiger charge is 2.56. The Hall–Kier alpha value is -3.93. The van der Waals surface area contributed by atoms with Gasteiger partial charge in [-0.25, -0.2) is 0 Å². The number of benzene rings is 3. The predicted molar refractivity (Wildman–Crippen MR) is 138 cm³/mol. The van der Waals surface area contributed by atoms with Gasteiger partial charge in [-0.05, 0) is 71.7 Å². The van der Waals surface area contributed by atoms with E-state index in [1.807, 2.05) is 43.3 Å². The maximum absolute atomic E-state index is 13.0. The molecule has 7 rings (SSSR count). The third kappa shape index (κ3) is 3.87. The van der Waals surface area contributed by atoms with E-state index in [0.717, 1.165) is 34.4 Å². The first-order valence-electron chi connectivity index (χ1n) is 12.6. The number of allylic oxidation sites excluding steroid dienone is 2. The molecule has 1 saturated heterocycles. The molecule has 4 atom stereocenters. The number of amides is 2. The van der Waals surface area contributed by atoms with Gasteiger partial charge in [-0.15, -0.1) is 0 Å². The molecule has 3 aromatic carbocycles. The zero-order valence-corrected chi connectivity index (χ0v) is 20.2. The SMILES string of the molecule is CCOc1cc(/C=N\N2C(=O)[C@@H]3[C@@H](C2=O)[C@@H]2C=C[C@@H]3CC2)ccc1OCc1cccc2ccccc12. The molecule has 2 bridgehead atoms. The molecular weight excluding hydrogens is 452 g/mol. The third-order valence-corrected chi connectivity index (χ3v) is 7.59. The van der Waals surface area contributed by atoms with Crippen molar-refractivity contribution in [3.05, 3.63) is 83.9 Å². The van der Waals surface area contributed by atoms with E-state index < -0.39 is 0 Å². The molecule has 1 saturated carbocycles. The van der Waals surface area contributed by atoms with Gasteiger partial charge in [-0.3, -0.25) is 9.59 Å². The molecule has 36 heavy (non-hydrogen) atoms. The Labute approximate surface area is 210 Å². The standard InChI is InChI=1S/C30H28N2O4/c1-2-35-26-16-19(10-15-25(26)36-18-23-8-5-7-20-6-3-4-9-24(20)23)17-31-32-29(33)27-21-11-12-22(14-13-21)28(27)30(32)34/h3-12,15-17,21-22,27-28H,2,13-14,18H2,1H3/b31-17-/t21-,22-,27+,28+/m1/s1. The number of carbonyl (C=O) groups excluding carboxylic acids is 2. The van der Waals surface area contributed by atoms with E-state index in [-0.39, 0.29) is 35.5 Å². The monoisotopic (exact) mass is 480 g/mol. The second-order valence-electron chi connectivity index (χ2n) is 9.64. The molecule has 6 heteroatoms. The van der Waals surface area contributed by atoms with Gasteiger partial charge in [0.2, 0.25) is 0 Å². The lowest BCUT2D eigenvalue weighted by molar-refractivity contribution is -0.140. The van der Waals surface area contributed by atoms with Crippen LogP contribution in [0.2, 0.25) is 0 Å². The molecule has 0 radical (unpaired) electrons. The number of fused-ring (bicyclic) bond motifs is 2. The van der Waals surface area contributed by atoms with Crippen molar-refractivity contribution in [1.29, 1.82) is 0 Å². The summed E-state index contributed by atoms with van der Waals surface area (Å²) < 4.78 is 12.0. The van der Waals surface area contributed by atoms with Gasteiger partial charge < -0.3 is 9.47 Å². The average molecular weight is 481 g/mol. The molecule has 0 spiro atoms. The van der Waals surface area contributed by atoms with Crippen molar-refractivity contribution in [2.45, 2.75) is 26.4 Å². The first kappa shape index (κ1) is 22.5. The molecule has 4 aliphatic rings. The van der Waals surface area contributed by atoms with Crippen molar-refractivity contribution in [3.8, 4) is 11.5 Å². The Kier molecular flexibility index (Phi) is 5.80. The zero-order chi connectivity index (χ0) is 24.6. The minimum Gasteiger partial charge on any atom is -0.490 e. The highest BCUT2D eigenvalue weighted by Crippen LogP contribution is 2.49. The second kappa shape index (κ2) is 9.26. The van der Waals surface area contributed by atoms with Gasteiger partial charge in [0.1, 0.15) is 6.61 Å². The number of rotatable bonds is 7. The summed E-state index contributed by atoms with van der Waals surface area (Å²) in [5.41, 5.74) is 1.82. The number of imide groups is 1. The van der Waals surface area contributed by atoms with E-state index in [2.05, 4.69) is 41.5 Å². The number of hydrogen-bond donors (Lipinski definition) is 0. The van der Waals surface area contributed by atoms with E-state index in [9.17, 15) is 9.59 Å². The lowest BCUT2D eigenvalue weighted by atomic mass is 9.63. The second-order valence-corrected chi connectivity index (χ2v) is 9.64. The Morgan fingerprint density at radius 2 is 1.61 bits per heavy atom. The maximum atomic E-state index is 13.0. The molecule has 1 aliphatic heterocycles. The van der Waals surface area contributed by atoms with Crippen LogP contribution < -0.4 is 9.47 Å². The van der Waals surface area contributed by atoms with Crippen LogP contribution in [-0.2, 0) is 16.2 Å². The van der Waals surface area contributed by atoms with Gasteiger partial charge >= 0.3 is 0 Å². The van der Waals surface area contributed by atoms with Gasteiger partial charge in [0, 0.05) is 0 Å². The van der Waals surface area contributed by atoms with Gasteiger partial charge in [-0.2, -0.15) is 10.1 Å². The van der Waals surface area contributed by atoms with Crippen molar-refractivity contribution in [2.24, 2.45) is 28.8 Å². The van der Waals surface area contributed by atoms with Gasteiger partial charge in [0.25, 0.3) is 11.8 Å². The Bertz CT molecular complexity index is 1360. The molecule has 0 N–H and O–H groups in total. The molecule has 3 aromatic rings. The van der Waals surface area contributed by atoms with Crippen molar-refractivity contribution >= 4 is 28.8 Å². The lowest BCUT2D eigenvalue weighted by Gasteiger charge is -2.37. The van der Waals surface area contributed by atoms with Crippen molar-refractivity contribution < 1.29 is 19.1 Å². The number of hydrogen-bond acceptors (Lipinski definition) is 5. The van der Waals surface area contributed by atoms with Crippen LogP contribution in [0.25, 0.3) is 10.8 Å². The lowest BCUT2D eigenvalue weighted by Crippen LogP contribution is -2.38. The fourth-order valence-corrected chi connectivity index (χ4v) is 5.86. The van der Waals surface area contributed by atoms with Crippen molar-refractivity contribution in [3.63, 3.8) is 0 Å². The summed E-state index contributed by atoms with van der Waals surface area (Å²) >= 11 is 0. The molecule has 1 heterocycles. The van der Waals surface area contributed by atoms with E-state index in [0.29, 0.717) is 24.7 Å². The van der Waals surface area contributed by atoms with Gasteiger partial charge in [0.15, 0.2) is 11.5 Å². The molecule has 0 aromatic heterocycles. The third-order valence-electron chi connectivity index (χ3n) is 7.59. The molecular formula is C30H28N2O4. The highest BCUT2D eigenvalue weighted by molar-refractivity contribution is 6.06. The van der Waals surface area contributed by atoms with Crippen LogP contribution in [-0.4, -0.2) is 29.6 Å². The summed E-state index contributed by atoms with van der Waals surface area (Å²) in [6.45, 7) is 2.80. The number of hydrazone groups is 1. The van der Waals surface area contributed by atoms with Gasteiger partial charge in [-0.1, -0.05) is 54.6 Å². The maximum Gasteiger partial charge on any atom is 0.254 e. The molecule has 2 amide bonds. The fraction of sp³-hybridized carbons (Fsp3) is 0.300. The van der Waals surface area contributed by atoms with Crippen molar-refractivity contribution in [2.75, 3.05) is 6.61 Å². The minimum atomic E-state index is -0.262. The van der Waals surface area contributed by atoms with Crippen LogP contribution in [0, 0.1) is 23.7 Å². The summed E-state index contributed by atoms with van der Waals surface area (Å²) in [5, 5.41) is 7.73. The van der Waals surface area contributed by atoms with Gasteiger partial charge in [0.05, 0.1) is 24.7 Å². The number of carbonyl (C=O) groups is 2. The molecule has 3 aliphatic carbocycles. The van der Waals surface area contributed by atoms with Crippen LogP contribution in [0.1, 0.15) is 30.9 Å². The smallest absolute Gasteiger partial charge is 0.254 e. The van der Waals surface area contributed by atoms with Crippen LogP contribution in [0.4, 0.5) is 0 Å². The van der Waals surface area contributed by atoms with Crippen LogP contribution in [0.3, 0.4) is 0 Å². The Balaban J connectivity index is 1.20. The topological polar surface area (TPSA) is 68.2 Å². The first-order valence-corrected chi connectivity index (χ1v) is 12.6. The zero-order valence-electron chi connectivity index (χ0n) is 20.2. The Morgan fingerprint density at radius 3 is 2.33 bits per heavy atom. The average Bonchev–Trinajstić information content (AvgIpc) is 3.19. The summed E-state index contributed by atoms with van der Waals surface area (Å²) in [5.74, 6) is 0.643. The quantitative estimate of drug-likeness (QED) is 0.260. The molecule has 182 valence electrons. The highest BCUT2D eigenvalue weighted by atomic mass is 16.5. The van der Waals surface area contributed by atoms with E-state index in [4.69, 9.17) is 9.47 Å². The van der Waals surface area contributed by atoms with Crippen LogP contribution in [0.15, 0.2) is 77.9 Å². The van der Waals surface area contributed by atoms with E-state index >= 15 is 0 Å². The van der Waals surface area contributed by atoms with E-state index in [1.54, 1.807) is 6.21 Å². The summed E-state index contributed by atoms with van der Waals surface area (Å²) in [6.07, 6.45) is 7.71.